The monoisotopic (exact) mass is 280 g/mol. The van der Waals surface area contributed by atoms with Gasteiger partial charge in [-0.1, -0.05) is 30.3 Å². The lowest BCUT2D eigenvalue weighted by molar-refractivity contribution is 0.131. The maximum atomic E-state index is 4.55. The van der Waals surface area contributed by atoms with E-state index in [1.807, 2.05) is 18.3 Å². The van der Waals surface area contributed by atoms with Crippen LogP contribution in [-0.2, 0) is 6.54 Å². The van der Waals surface area contributed by atoms with Crippen LogP contribution in [0, 0.1) is 0 Å². The molecule has 2 aromatic rings. The summed E-state index contributed by atoms with van der Waals surface area (Å²) in [5.41, 5.74) is 2.47. The molecule has 3 rings (SSSR count). The third-order valence-electron chi connectivity index (χ3n) is 3.67. The number of hydrazone groups is 1. The molecule has 2 heterocycles. The summed E-state index contributed by atoms with van der Waals surface area (Å²) in [5.74, 6) is 0. The van der Waals surface area contributed by atoms with E-state index in [2.05, 4.69) is 50.3 Å². The van der Waals surface area contributed by atoms with Gasteiger partial charge in [-0.15, -0.1) is 0 Å². The van der Waals surface area contributed by atoms with E-state index in [-0.39, 0.29) is 0 Å². The minimum absolute atomic E-state index is 0.981. The van der Waals surface area contributed by atoms with Crippen molar-refractivity contribution in [2.45, 2.75) is 6.54 Å². The Labute approximate surface area is 125 Å². The van der Waals surface area contributed by atoms with Crippen LogP contribution in [0.4, 0.5) is 0 Å². The quantitative estimate of drug-likeness (QED) is 0.805. The van der Waals surface area contributed by atoms with Crippen LogP contribution in [0.1, 0.15) is 11.1 Å². The molecule has 1 aliphatic heterocycles. The van der Waals surface area contributed by atoms with Crippen LogP contribution in [0.15, 0.2) is 60.0 Å². The number of hydrogen-bond acceptors (Lipinski definition) is 4. The Morgan fingerprint density at radius 2 is 1.67 bits per heavy atom. The topological polar surface area (TPSA) is 31.7 Å². The first-order chi connectivity index (χ1) is 10.4. The van der Waals surface area contributed by atoms with Crippen LogP contribution < -0.4 is 0 Å². The first-order valence-corrected chi connectivity index (χ1v) is 7.35. The molecule has 21 heavy (non-hydrogen) atoms. The molecule has 108 valence electrons. The predicted octanol–water partition coefficient (Wildman–Crippen LogP) is 2.23. The molecule has 1 aromatic heterocycles. The summed E-state index contributed by atoms with van der Waals surface area (Å²) in [4.78, 5) is 6.49. The Morgan fingerprint density at radius 1 is 0.952 bits per heavy atom. The molecular weight excluding hydrogens is 260 g/mol. The highest BCUT2D eigenvalue weighted by atomic mass is 15.5. The van der Waals surface area contributed by atoms with Gasteiger partial charge in [0.05, 0.1) is 6.21 Å². The van der Waals surface area contributed by atoms with Gasteiger partial charge in [0.1, 0.15) is 0 Å². The minimum Gasteiger partial charge on any atom is -0.295 e. The van der Waals surface area contributed by atoms with Gasteiger partial charge in [0.15, 0.2) is 0 Å². The second-order valence-corrected chi connectivity index (χ2v) is 5.24. The van der Waals surface area contributed by atoms with Gasteiger partial charge in [0.25, 0.3) is 0 Å². The third-order valence-corrected chi connectivity index (χ3v) is 3.67. The van der Waals surface area contributed by atoms with E-state index in [4.69, 9.17) is 0 Å². The Hall–Kier alpha value is -2.20. The zero-order chi connectivity index (χ0) is 14.3. The standard InChI is InChI=1S/C17H20N4/c1-2-4-17(5-3-1)15-20-10-12-21(13-11-20)19-14-16-6-8-18-9-7-16/h1-9,14H,10-13,15H2. The van der Waals surface area contributed by atoms with E-state index in [1.165, 1.54) is 5.56 Å². The van der Waals surface area contributed by atoms with E-state index in [9.17, 15) is 0 Å². The van der Waals surface area contributed by atoms with E-state index in [0.29, 0.717) is 0 Å². The van der Waals surface area contributed by atoms with Gasteiger partial charge in [0.2, 0.25) is 0 Å². The molecule has 0 spiro atoms. The van der Waals surface area contributed by atoms with Crippen molar-refractivity contribution in [1.82, 2.24) is 14.9 Å². The van der Waals surface area contributed by atoms with Crippen molar-refractivity contribution in [1.29, 1.82) is 0 Å². The van der Waals surface area contributed by atoms with E-state index >= 15 is 0 Å². The van der Waals surface area contributed by atoms with Gasteiger partial charge in [0, 0.05) is 45.1 Å². The molecule has 0 radical (unpaired) electrons. The summed E-state index contributed by atoms with van der Waals surface area (Å²) < 4.78 is 0. The maximum absolute atomic E-state index is 4.55. The SMILES string of the molecule is C(=NN1CCN(Cc2ccccc2)CC1)c1ccncc1. The van der Waals surface area contributed by atoms with Gasteiger partial charge < -0.3 is 0 Å². The minimum atomic E-state index is 0.981. The van der Waals surface area contributed by atoms with Crippen molar-refractivity contribution in [2.75, 3.05) is 26.2 Å². The van der Waals surface area contributed by atoms with Crippen LogP contribution in [0.2, 0.25) is 0 Å². The first-order valence-electron chi connectivity index (χ1n) is 7.35. The molecule has 1 fully saturated rings. The second-order valence-electron chi connectivity index (χ2n) is 5.24. The molecule has 0 N–H and O–H groups in total. The fourth-order valence-electron chi connectivity index (χ4n) is 2.45. The lowest BCUT2D eigenvalue weighted by Gasteiger charge is -2.33. The summed E-state index contributed by atoms with van der Waals surface area (Å²) in [5, 5.41) is 6.69. The molecule has 1 aromatic carbocycles. The van der Waals surface area contributed by atoms with Crippen molar-refractivity contribution in [3.8, 4) is 0 Å². The second kappa shape index (κ2) is 6.99. The van der Waals surface area contributed by atoms with Gasteiger partial charge in [-0.3, -0.25) is 14.9 Å². The van der Waals surface area contributed by atoms with Crippen LogP contribution >= 0.6 is 0 Å². The molecule has 0 amide bonds. The summed E-state index contributed by atoms with van der Waals surface area (Å²) in [7, 11) is 0. The summed E-state index contributed by atoms with van der Waals surface area (Å²) in [6.07, 6.45) is 5.49. The highest BCUT2D eigenvalue weighted by Gasteiger charge is 2.15. The number of nitrogens with zero attached hydrogens (tertiary/aromatic N) is 4. The predicted molar refractivity (Wildman–Crippen MR) is 85.1 cm³/mol. The number of hydrogen-bond donors (Lipinski definition) is 0. The summed E-state index contributed by atoms with van der Waals surface area (Å²) in [6, 6.07) is 14.6. The average Bonchev–Trinajstić information content (AvgIpc) is 2.56. The lowest BCUT2D eigenvalue weighted by atomic mass is 10.2. The molecular formula is C17H20N4. The van der Waals surface area contributed by atoms with Crippen LogP contribution in [0.3, 0.4) is 0 Å². The van der Waals surface area contributed by atoms with Gasteiger partial charge in [-0.25, -0.2) is 0 Å². The first kappa shape index (κ1) is 13.8. The molecule has 0 saturated carbocycles. The molecule has 0 aliphatic carbocycles. The number of benzene rings is 1. The molecule has 4 nitrogen and oxygen atoms in total. The zero-order valence-corrected chi connectivity index (χ0v) is 12.1. The van der Waals surface area contributed by atoms with Gasteiger partial charge >= 0.3 is 0 Å². The number of rotatable bonds is 4. The van der Waals surface area contributed by atoms with Crippen LogP contribution in [0.5, 0.6) is 0 Å². The summed E-state index contributed by atoms with van der Waals surface area (Å²) >= 11 is 0. The Morgan fingerprint density at radius 3 is 2.38 bits per heavy atom. The lowest BCUT2D eigenvalue weighted by Crippen LogP contribution is -2.43. The molecule has 0 bridgehead atoms. The van der Waals surface area contributed by atoms with E-state index in [1.54, 1.807) is 12.4 Å². The normalized spacial score (nSPS) is 16.5. The smallest absolute Gasteiger partial charge is 0.0544 e. The van der Waals surface area contributed by atoms with Crippen LogP contribution in [0.25, 0.3) is 0 Å². The summed E-state index contributed by atoms with van der Waals surface area (Å²) in [6.45, 7) is 5.11. The average molecular weight is 280 g/mol. The molecule has 0 atom stereocenters. The van der Waals surface area contributed by atoms with Gasteiger partial charge in [-0.05, 0) is 23.3 Å². The van der Waals surface area contributed by atoms with Crippen LogP contribution in [-0.4, -0.2) is 47.3 Å². The Kier molecular flexibility index (Phi) is 4.59. The fraction of sp³-hybridized carbons (Fsp3) is 0.294. The number of pyridine rings is 1. The van der Waals surface area contributed by atoms with Crippen molar-refractivity contribution < 1.29 is 0 Å². The maximum Gasteiger partial charge on any atom is 0.0544 e. The van der Waals surface area contributed by atoms with E-state index in [0.717, 1.165) is 38.3 Å². The number of piperazine rings is 1. The third kappa shape index (κ3) is 4.13. The highest BCUT2D eigenvalue weighted by Crippen LogP contribution is 2.08. The molecule has 1 aliphatic rings. The molecule has 0 unspecified atom stereocenters. The van der Waals surface area contributed by atoms with E-state index < -0.39 is 0 Å². The van der Waals surface area contributed by atoms with Crippen molar-refractivity contribution in [3.05, 3.63) is 66.0 Å². The van der Waals surface area contributed by atoms with Gasteiger partial charge in [-0.2, -0.15) is 5.10 Å². The zero-order valence-electron chi connectivity index (χ0n) is 12.1. The Bertz CT molecular complexity index is 560. The number of aromatic nitrogens is 1. The highest BCUT2D eigenvalue weighted by molar-refractivity contribution is 5.78. The van der Waals surface area contributed by atoms with Crippen molar-refractivity contribution >= 4 is 6.21 Å². The molecule has 1 saturated heterocycles. The largest absolute Gasteiger partial charge is 0.295 e. The van der Waals surface area contributed by atoms with Crippen molar-refractivity contribution in [3.63, 3.8) is 0 Å². The van der Waals surface area contributed by atoms with Crippen molar-refractivity contribution in [2.24, 2.45) is 5.10 Å². The Balaban J connectivity index is 1.48. The molecule has 4 heteroatoms. The fourth-order valence-corrected chi connectivity index (χ4v) is 2.45.